The SMILES string of the molecule is COc1ccc2c(c1)c(CN1CCCNCC1)cn2S(=O)(=O)c1ccccc1Br. The Labute approximate surface area is 179 Å². The Morgan fingerprint density at radius 1 is 1.14 bits per heavy atom. The monoisotopic (exact) mass is 477 g/mol. The van der Waals surface area contributed by atoms with Gasteiger partial charge < -0.3 is 10.1 Å². The fourth-order valence-corrected chi connectivity index (χ4v) is 6.12. The molecule has 8 heteroatoms. The molecule has 3 aromatic rings. The Morgan fingerprint density at radius 3 is 2.76 bits per heavy atom. The second-order valence-corrected chi connectivity index (χ2v) is 9.79. The van der Waals surface area contributed by atoms with Gasteiger partial charge >= 0.3 is 0 Å². The van der Waals surface area contributed by atoms with Gasteiger partial charge in [0.2, 0.25) is 0 Å². The smallest absolute Gasteiger partial charge is 0.269 e. The van der Waals surface area contributed by atoms with Crippen molar-refractivity contribution in [1.29, 1.82) is 0 Å². The maximum absolute atomic E-state index is 13.5. The molecule has 6 nitrogen and oxygen atoms in total. The van der Waals surface area contributed by atoms with Crippen LogP contribution in [-0.4, -0.2) is 50.6 Å². The molecule has 1 aliphatic heterocycles. The van der Waals surface area contributed by atoms with Crippen molar-refractivity contribution in [1.82, 2.24) is 14.2 Å². The Bertz CT molecular complexity index is 1120. The maximum Gasteiger partial charge on any atom is 0.269 e. The van der Waals surface area contributed by atoms with Crippen LogP contribution in [0.4, 0.5) is 0 Å². The number of nitrogens with one attached hydrogen (secondary N) is 1. The lowest BCUT2D eigenvalue weighted by Gasteiger charge is -2.18. The minimum Gasteiger partial charge on any atom is -0.497 e. The lowest BCUT2D eigenvalue weighted by Crippen LogP contribution is -2.27. The van der Waals surface area contributed by atoms with E-state index in [0.717, 1.165) is 43.5 Å². The summed E-state index contributed by atoms with van der Waals surface area (Å²) >= 11 is 3.38. The molecule has 2 heterocycles. The molecule has 1 N–H and O–H groups in total. The molecule has 0 radical (unpaired) electrons. The maximum atomic E-state index is 13.5. The van der Waals surface area contributed by atoms with Crippen molar-refractivity contribution in [3.05, 3.63) is 58.7 Å². The molecule has 4 rings (SSSR count). The zero-order valence-corrected chi connectivity index (χ0v) is 18.7. The Morgan fingerprint density at radius 2 is 1.97 bits per heavy atom. The summed E-state index contributed by atoms with van der Waals surface area (Å²) in [4.78, 5) is 2.61. The van der Waals surface area contributed by atoms with Crippen molar-refractivity contribution < 1.29 is 13.2 Å². The molecular formula is C21H24BrN3O3S. The van der Waals surface area contributed by atoms with E-state index in [1.165, 1.54) is 3.97 Å². The van der Waals surface area contributed by atoms with Crippen LogP contribution in [0, 0.1) is 0 Å². The van der Waals surface area contributed by atoms with Crippen molar-refractivity contribution in [2.75, 3.05) is 33.3 Å². The number of methoxy groups -OCH3 is 1. The Kier molecular flexibility index (Phi) is 5.96. The highest BCUT2D eigenvalue weighted by molar-refractivity contribution is 9.10. The molecule has 0 aliphatic carbocycles. The number of halogens is 1. The Hall–Kier alpha value is -1.87. The van der Waals surface area contributed by atoms with Crippen LogP contribution in [0.3, 0.4) is 0 Å². The third-order valence-corrected chi connectivity index (χ3v) is 7.95. The van der Waals surface area contributed by atoms with Crippen molar-refractivity contribution in [2.24, 2.45) is 0 Å². The van der Waals surface area contributed by atoms with Crippen LogP contribution in [-0.2, 0) is 16.6 Å². The fraction of sp³-hybridized carbons (Fsp3) is 0.333. The molecule has 0 amide bonds. The van der Waals surface area contributed by atoms with Gasteiger partial charge in [-0.1, -0.05) is 12.1 Å². The predicted octanol–water partition coefficient (Wildman–Crippen LogP) is 3.44. The highest BCUT2D eigenvalue weighted by Crippen LogP contribution is 2.32. The number of ether oxygens (including phenoxy) is 1. The van der Waals surface area contributed by atoms with Crippen molar-refractivity contribution in [2.45, 2.75) is 17.9 Å². The standard InChI is InChI=1S/C21H24BrN3O3S/c1-28-17-7-8-20-18(13-17)16(14-24-11-4-9-23-10-12-24)15-25(20)29(26,27)21-6-3-2-5-19(21)22/h2-3,5-8,13,15,23H,4,9-12,14H2,1H3. The summed E-state index contributed by atoms with van der Waals surface area (Å²) in [6.45, 7) is 4.58. The van der Waals surface area contributed by atoms with Gasteiger partial charge in [0, 0.05) is 35.7 Å². The molecule has 0 atom stereocenters. The molecule has 29 heavy (non-hydrogen) atoms. The highest BCUT2D eigenvalue weighted by Gasteiger charge is 2.24. The third kappa shape index (κ3) is 4.07. The van der Waals surface area contributed by atoms with E-state index < -0.39 is 10.0 Å². The van der Waals surface area contributed by atoms with Crippen LogP contribution in [0.25, 0.3) is 10.9 Å². The van der Waals surface area contributed by atoms with Crippen LogP contribution in [0.5, 0.6) is 5.75 Å². The van der Waals surface area contributed by atoms with E-state index in [1.807, 2.05) is 12.1 Å². The van der Waals surface area contributed by atoms with E-state index in [-0.39, 0.29) is 4.90 Å². The lowest BCUT2D eigenvalue weighted by atomic mass is 10.1. The lowest BCUT2D eigenvalue weighted by molar-refractivity contribution is 0.285. The van der Waals surface area contributed by atoms with Crippen molar-refractivity contribution >= 4 is 36.9 Å². The van der Waals surface area contributed by atoms with Gasteiger partial charge in [0.25, 0.3) is 10.0 Å². The molecule has 2 aromatic carbocycles. The van der Waals surface area contributed by atoms with Gasteiger partial charge in [0.15, 0.2) is 0 Å². The number of benzene rings is 2. The summed E-state index contributed by atoms with van der Waals surface area (Å²) in [7, 11) is -2.12. The van der Waals surface area contributed by atoms with Gasteiger partial charge in [-0.25, -0.2) is 12.4 Å². The van der Waals surface area contributed by atoms with E-state index in [9.17, 15) is 8.42 Å². The van der Waals surface area contributed by atoms with E-state index in [0.29, 0.717) is 22.3 Å². The summed E-state index contributed by atoms with van der Waals surface area (Å²) < 4.78 is 34.3. The number of aromatic nitrogens is 1. The van der Waals surface area contributed by atoms with Crippen LogP contribution >= 0.6 is 15.9 Å². The number of rotatable bonds is 5. The van der Waals surface area contributed by atoms with Crippen molar-refractivity contribution in [3.8, 4) is 5.75 Å². The van der Waals surface area contributed by atoms with Crippen LogP contribution in [0.2, 0.25) is 0 Å². The van der Waals surface area contributed by atoms with Crippen molar-refractivity contribution in [3.63, 3.8) is 0 Å². The molecule has 0 bridgehead atoms. The molecule has 0 saturated carbocycles. The molecular weight excluding hydrogens is 454 g/mol. The van der Waals surface area contributed by atoms with Crippen LogP contribution in [0.1, 0.15) is 12.0 Å². The quantitative estimate of drug-likeness (QED) is 0.609. The second kappa shape index (κ2) is 8.47. The predicted molar refractivity (Wildman–Crippen MR) is 118 cm³/mol. The minimum absolute atomic E-state index is 0.248. The first-order valence-electron chi connectivity index (χ1n) is 9.62. The topological polar surface area (TPSA) is 63.6 Å². The average molecular weight is 478 g/mol. The van der Waals surface area contributed by atoms with Gasteiger partial charge in [0.05, 0.1) is 12.6 Å². The summed E-state index contributed by atoms with van der Waals surface area (Å²) in [6.07, 6.45) is 2.84. The number of nitrogens with zero attached hydrogens (tertiary/aromatic N) is 2. The molecule has 1 fully saturated rings. The summed E-state index contributed by atoms with van der Waals surface area (Å²) in [5, 5.41) is 4.31. The first-order valence-corrected chi connectivity index (χ1v) is 11.8. The first kappa shape index (κ1) is 20.4. The zero-order chi connectivity index (χ0) is 20.4. The first-order chi connectivity index (χ1) is 14.0. The normalized spacial score (nSPS) is 16.1. The second-order valence-electron chi connectivity index (χ2n) is 7.15. The van der Waals surface area contributed by atoms with Gasteiger partial charge in [0.1, 0.15) is 10.6 Å². The number of hydrogen-bond acceptors (Lipinski definition) is 5. The zero-order valence-electron chi connectivity index (χ0n) is 16.3. The van der Waals surface area contributed by atoms with E-state index in [1.54, 1.807) is 43.6 Å². The largest absolute Gasteiger partial charge is 0.497 e. The summed E-state index contributed by atoms with van der Waals surface area (Å²) in [6, 6.07) is 12.4. The fourth-order valence-electron chi connectivity index (χ4n) is 3.76. The van der Waals surface area contributed by atoms with E-state index in [2.05, 4.69) is 26.1 Å². The molecule has 1 aromatic heterocycles. The van der Waals surface area contributed by atoms with Crippen LogP contribution < -0.4 is 10.1 Å². The van der Waals surface area contributed by atoms with Gasteiger partial charge in [-0.2, -0.15) is 0 Å². The molecule has 1 saturated heterocycles. The molecule has 154 valence electrons. The van der Waals surface area contributed by atoms with Gasteiger partial charge in [-0.15, -0.1) is 0 Å². The highest BCUT2D eigenvalue weighted by atomic mass is 79.9. The average Bonchev–Trinajstić information content (AvgIpc) is 2.89. The molecule has 0 unspecified atom stereocenters. The number of hydrogen-bond donors (Lipinski definition) is 1. The van der Waals surface area contributed by atoms with Gasteiger partial charge in [-0.05, 0) is 71.3 Å². The Balaban J connectivity index is 1.83. The minimum atomic E-state index is -3.74. The molecule has 0 spiro atoms. The summed E-state index contributed by atoms with van der Waals surface area (Å²) in [5.41, 5.74) is 1.64. The van der Waals surface area contributed by atoms with Crippen LogP contribution in [0.15, 0.2) is 58.0 Å². The van der Waals surface area contributed by atoms with E-state index >= 15 is 0 Å². The summed E-state index contributed by atoms with van der Waals surface area (Å²) in [5.74, 6) is 0.715. The number of fused-ring (bicyclic) bond motifs is 1. The third-order valence-electron chi connectivity index (χ3n) is 5.26. The van der Waals surface area contributed by atoms with Gasteiger partial charge in [-0.3, -0.25) is 4.90 Å². The van der Waals surface area contributed by atoms with E-state index in [4.69, 9.17) is 4.74 Å². The molecule has 1 aliphatic rings.